The molecule has 0 spiro atoms. The Balaban J connectivity index is 1.58. The van der Waals surface area contributed by atoms with E-state index in [0.717, 1.165) is 24.7 Å². The van der Waals surface area contributed by atoms with Crippen molar-refractivity contribution in [3.63, 3.8) is 0 Å². The van der Waals surface area contributed by atoms with E-state index in [9.17, 15) is 4.79 Å². The first kappa shape index (κ1) is 11.8. The van der Waals surface area contributed by atoms with Crippen molar-refractivity contribution in [3.05, 3.63) is 12.4 Å². The topological polar surface area (TPSA) is 57.8 Å². The predicted molar refractivity (Wildman–Crippen MR) is 70.0 cm³/mol. The van der Waals surface area contributed by atoms with Gasteiger partial charge in [0.25, 0.3) is 0 Å². The number of fused-ring (bicyclic) bond motifs is 1. The van der Waals surface area contributed by atoms with Crippen molar-refractivity contribution in [1.82, 2.24) is 9.97 Å². The first-order chi connectivity index (χ1) is 8.83. The molecule has 1 aromatic rings. The van der Waals surface area contributed by atoms with Gasteiger partial charge in [0.05, 0.1) is 0 Å². The number of carbonyl (C=O) groups excluding carboxylic acids is 1. The average Bonchev–Trinajstić information content (AvgIpc) is 2.91. The van der Waals surface area contributed by atoms with Crippen molar-refractivity contribution < 1.29 is 4.79 Å². The molecule has 3 rings (SSSR count). The van der Waals surface area contributed by atoms with Gasteiger partial charge in [0.15, 0.2) is 0 Å². The molecule has 1 heterocycles. The van der Waals surface area contributed by atoms with E-state index < -0.39 is 0 Å². The number of carbonyl (C=O) groups is 1. The Hall–Kier alpha value is -1.32. The zero-order valence-corrected chi connectivity index (χ0v) is 10.7. The number of aromatic nitrogens is 2. The summed E-state index contributed by atoms with van der Waals surface area (Å²) < 4.78 is 0. The Labute approximate surface area is 108 Å². The lowest BCUT2D eigenvalue weighted by Gasteiger charge is -2.38. The van der Waals surface area contributed by atoms with Crippen LogP contribution in [0.1, 0.15) is 44.9 Å². The van der Waals surface area contributed by atoms with Gasteiger partial charge in [0.2, 0.25) is 11.9 Å². The smallest absolute Gasteiger partial charge is 0.229 e. The van der Waals surface area contributed by atoms with Crippen LogP contribution in [-0.4, -0.2) is 15.9 Å². The molecule has 1 aromatic heterocycles. The fourth-order valence-electron chi connectivity index (χ4n) is 3.66. The maximum atomic E-state index is 12.2. The minimum Gasteiger partial charge on any atom is -0.331 e. The molecule has 2 fully saturated rings. The molecule has 1 amide bonds. The summed E-state index contributed by atoms with van der Waals surface area (Å²) in [6, 6.07) is 0. The van der Waals surface area contributed by atoms with Gasteiger partial charge in [-0.05, 0) is 31.1 Å². The zero-order chi connectivity index (χ0) is 12.4. The molecule has 2 aliphatic carbocycles. The second-order valence-electron chi connectivity index (χ2n) is 5.74. The molecule has 3 unspecified atom stereocenters. The first-order valence-electron chi connectivity index (χ1n) is 7.13. The van der Waals surface area contributed by atoms with Gasteiger partial charge in [-0.25, -0.2) is 4.98 Å². The molecule has 4 nitrogen and oxygen atoms in total. The third-order valence-electron chi connectivity index (χ3n) is 4.65. The van der Waals surface area contributed by atoms with Crippen molar-refractivity contribution in [1.29, 1.82) is 0 Å². The van der Waals surface area contributed by atoms with Crippen LogP contribution < -0.4 is 5.32 Å². The van der Waals surface area contributed by atoms with Crippen LogP contribution in [0.3, 0.4) is 0 Å². The number of rotatable bonds is 2. The third kappa shape index (κ3) is 2.42. The van der Waals surface area contributed by atoms with Crippen LogP contribution in [0.5, 0.6) is 0 Å². The largest absolute Gasteiger partial charge is 0.331 e. The van der Waals surface area contributed by atoms with E-state index in [0.29, 0.717) is 5.95 Å². The molecule has 0 saturated heterocycles. The quantitative estimate of drug-likeness (QED) is 0.844. The highest BCUT2D eigenvalue weighted by molar-refractivity contribution is 5.90. The third-order valence-corrected chi connectivity index (χ3v) is 4.65. The number of amides is 1. The zero-order valence-electron chi connectivity index (χ0n) is 10.7. The Morgan fingerprint density at radius 1 is 1.22 bits per heavy atom. The summed E-state index contributed by atoms with van der Waals surface area (Å²) in [5.41, 5.74) is 0. The predicted octanol–water partition coefficient (Wildman–Crippen LogP) is 2.95. The normalized spacial score (nSPS) is 31.7. The molecule has 0 radical (unpaired) electrons. The summed E-state index contributed by atoms with van der Waals surface area (Å²) in [7, 11) is 0. The number of imidazole rings is 1. The molecule has 2 N–H and O–H groups in total. The van der Waals surface area contributed by atoms with Gasteiger partial charge in [-0.3, -0.25) is 10.1 Å². The number of nitrogens with one attached hydrogen (secondary N) is 2. The Morgan fingerprint density at radius 2 is 2.06 bits per heavy atom. The Morgan fingerprint density at radius 3 is 2.83 bits per heavy atom. The van der Waals surface area contributed by atoms with Crippen LogP contribution in [0.25, 0.3) is 0 Å². The highest BCUT2D eigenvalue weighted by atomic mass is 16.2. The second-order valence-corrected chi connectivity index (χ2v) is 5.74. The molecule has 18 heavy (non-hydrogen) atoms. The highest BCUT2D eigenvalue weighted by Crippen LogP contribution is 2.42. The van der Waals surface area contributed by atoms with Crippen LogP contribution in [0.15, 0.2) is 12.4 Å². The van der Waals surface area contributed by atoms with E-state index in [4.69, 9.17) is 0 Å². The minimum atomic E-state index is 0.147. The van der Waals surface area contributed by atoms with Crippen molar-refractivity contribution in [3.8, 4) is 0 Å². The van der Waals surface area contributed by atoms with E-state index in [1.165, 1.54) is 32.1 Å². The monoisotopic (exact) mass is 247 g/mol. The number of nitrogens with zero attached hydrogens (tertiary/aromatic N) is 1. The van der Waals surface area contributed by atoms with E-state index in [1.54, 1.807) is 12.4 Å². The fourth-order valence-corrected chi connectivity index (χ4v) is 3.66. The molecule has 98 valence electrons. The molecule has 0 aromatic carbocycles. The lowest BCUT2D eigenvalue weighted by Crippen LogP contribution is -2.34. The number of hydrogen-bond donors (Lipinski definition) is 2. The van der Waals surface area contributed by atoms with Gasteiger partial charge >= 0.3 is 0 Å². The van der Waals surface area contributed by atoms with Crippen molar-refractivity contribution in [2.75, 3.05) is 5.32 Å². The molecule has 2 aliphatic rings. The summed E-state index contributed by atoms with van der Waals surface area (Å²) in [4.78, 5) is 19.1. The summed E-state index contributed by atoms with van der Waals surface area (Å²) >= 11 is 0. The van der Waals surface area contributed by atoms with Gasteiger partial charge in [0.1, 0.15) is 0 Å². The molecular formula is C14H21N3O. The van der Waals surface area contributed by atoms with Crippen LogP contribution in [0.4, 0.5) is 5.95 Å². The van der Waals surface area contributed by atoms with Crippen molar-refractivity contribution in [2.45, 2.75) is 44.9 Å². The first-order valence-corrected chi connectivity index (χ1v) is 7.13. The van der Waals surface area contributed by atoms with E-state index >= 15 is 0 Å². The van der Waals surface area contributed by atoms with Crippen molar-refractivity contribution in [2.24, 2.45) is 17.8 Å². The van der Waals surface area contributed by atoms with E-state index in [2.05, 4.69) is 15.3 Å². The van der Waals surface area contributed by atoms with Crippen LogP contribution in [0.2, 0.25) is 0 Å². The van der Waals surface area contributed by atoms with Crippen molar-refractivity contribution >= 4 is 11.9 Å². The summed E-state index contributed by atoms with van der Waals surface area (Å²) in [6.45, 7) is 0. The lowest BCUT2D eigenvalue weighted by molar-refractivity contribution is -0.122. The molecule has 3 atom stereocenters. The van der Waals surface area contributed by atoms with Gasteiger partial charge in [-0.2, -0.15) is 0 Å². The minimum absolute atomic E-state index is 0.147. The standard InChI is InChI=1S/C14H21N3O/c18-13(17-14-15-7-8-16-14)12-6-5-10-3-1-2-4-11(10)9-12/h7-8,10-12H,1-6,9H2,(H2,15,16,17,18). The fraction of sp³-hybridized carbons (Fsp3) is 0.714. The number of anilines is 1. The maximum absolute atomic E-state index is 12.2. The highest BCUT2D eigenvalue weighted by Gasteiger charge is 2.35. The van der Waals surface area contributed by atoms with Crippen LogP contribution in [0, 0.1) is 17.8 Å². The average molecular weight is 247 g/mol. The Kier molecular flexibility index (Phi) is 3.35. The molecular weight excluding hydrogens is 226 g/mol. The molecule has 2 saturated carbocycles. The second kappa shape index (κ2) is 5.12. The molecule has 0 bridgehead atoms. The van der Waals surface area contributed by atoms with Gasteiger partial charge in [-0.1, -0.05) is 25.7 Å². The molecule has 4 heteroatoms. The van der Waals surface area contributed by atoms with E-state index in [1.807, 2.05) is 0 Å². The number of aromatic amines is 1. The lowest BCUT2D eigenvalue weighted by atomic mass is 9.67. The summed E-state index contributed by atoms with van der Waals surface area (Å²) in [5.74, 6) is 2.60. The van der Waals surface area contributed by atoms with Gasteiger partial charge < -0.3 is 4.98 Å². The van der Waals surface area contributed by atoms with Crippen LogP contribution in [-0.2, 0) is 4.79 Å². The summed E-state index contributed by atoms with van der Waals surface area (Å²) in [5, 5.41) is 2.88. The number of H-pyrrole nitrogens is 1. The Bertz CT molecular complexity index is 401. The van der Waals surface area contributed by atoms with Crippen LogP contribution >= 0.6 is 0 Å². The SMILES string of the molecule is O=C(Nc1ncc[nH]1)C1CCC2CCCCC2C1. The maximum Gasteiger partial charge on any atom is 0.229 e. The number of hydrogen-bond acceptors (Lipinski definition) is 2. The van der Waals surface area contributed by atoms with E-state index in [-0.39, 0.29) is 11.8 Å². The van der Waals surface area contributed by atoms with Gasteiger partial charge in [-0.15, -0.1) is 0 Å². The summed E-state index contributed by atoms with van der Waals surface area (Å²) in [6.07, 6.45) is 12.2. The van der Waals surface area contributed by atoms with Gasteiger partial charge in [0, 0.05) is 18.3 Å². The molecule has 0 aliphatic heterocycles.